The summed E-state index contributed by atoms with van der Waals surface area (Å²) < 4.78 is 14.3. The minimum absolute atomic E-state index is 0.0944. The van der Waals surface area contributed by atoms with E-state index < -0.39 is 0 Å². The zero-order chi connectivity index (χ0) is 23.8. The van der Waals surface area contributed by atoms with Crippen molar-refractivity contribution in [3.8, 4) is 11.5 Å². The number of carbonyl (C=O) groups is 1. The van der Waals surface area contributed by atoms with Crippen LogP contribution in [0.2, 0.25) is 0 Å². The molecule has 1 heterocycles. The van der Waals surface area contributed by atoms with Crippen molar-refractivity contribution in [3.63, 3.8) is 0 Å². The van der Waals surface area contributed by atoms with Gasteiger partial charge in [-0.15, -0.1) is 16.8 Å². The third kappa shape index (κ3) is 6.73. The number of allylic oxidation sites excluding steroid dienone is 1. The van der Waals surface area contributed by atoms with Crippen LogP contribution < -0.4 is 14.8 Å². The maximum atomic E-state index is 12.7. The molecule has 0 saturated carbocycles. The second-order valence-corrected chi connectivity index (χ2v) is 9.65. The largest absolute Gasteiger partial charge is 0.493 e. The number of aromatic nitrogens is 3. The van der Waals surface area contributed by atoms with E-state index in [-0.39, 0.29) is 18.3 Å². The van der Waals surface area contributed by atoms with Gasteiger partial charge in [0.1, 0.15) is 6.61 Å². The average Bonchev–Trinajstić information content (AvgIpc) is 3.19. The number of methoxy groups -OCH3 is 1. The average molecular weight is 578 g/mol. The SMILES string of the molecule is C=CCn1c(COc2ccccc2OC)nnc1SCC(=O)Nc1ccc(I)cc1C(C)C. The molecule has 0 unspecified atom stereocenters. The van der Waals surface area contributed by atoms with Gasteiger partial charge in [-0.05, 0) is 64.4 Å². The van der Waals surface area contributed by atoms with Crippen LogP contribution in [0, 0.1) is 3.57 Å². The number of ether oxygens (including phenoxy) is 2. The van der Waals surface area contributed by atoms with E-state index in [4.69, 9.17) is 9.47 Å². The lowest BCUT2D eigenvalue weighted by Gasteiger charge is -2.14. The molecule has 174 valence electrons. The maximum Gasteiger partial charge on any atom is 0.234 e. The fourth-order valence-corrected chi connectivity index (χ4v) is 4.45. The summed E-state index contributed by atoms with van der Waals surface area (Å²) in [6.07, 6.45) is 1.76. The molecule has 0 saturated heterocycles. The second-order valence-electron chi connectivity index (χ2n) is 7.46. The van der Waals surface area contributed by atoms with Gasteiger partial charge in [-0.1, -0.05) is 43.8 Å². The first-order valence-corrected chi connectivity index (χ1v) is 12.5. The van der Waals surface area contributed by atoms with Crippen LogP contribution in [0.25, 0.3) is 0 Å². The smallest absolute Gasteiger partial charge is 0.234 e. The number of nitrogens with one attached hydrogen (secondary N) is 1. The van der Waals surface area contributed by atoms with E-state index in [2.05, 4.69) is 64.6 Å². The Labute approximate surface area is 212 Å². The van der Waals surface area contributed by atoms with Gasteiger partial charge < -0.3 is 14.8 Å². The predicted molar refractivity (Wildman–Crippen MR) is 140 cm³/mol. The lowest BCUT2D eigenvalue weighted by atomic mass is 10.0. The number of para-hydroxylation sites is 2. The topological polar surface area (TPSA) is 78.3 Å². The van der Waals surface area contributed by atoms with Gasteiger partial charge in [0, 0.05) is 15.8 Å². The monoisotopic (exact) mass is 578 g/mol. The Balaban J connectivity index is 1.66. The predicted octanol–water partition coefficient (Wildman–Crippen LogP) is 5.51. The molecule has 33 heavy (non-hydrogen) atoms. The van der Waals surface area contributed by atoms with Crippen molar-refractivity contribution in [3.05, 3.63) is 70.1 Å². The molecule has 0 aliphatic heterocycles. The summed E-state index contributed by atoms with van der Waals surface area (Å²) in [5, 5.41) is 12.2. The number of hydrogen-bond donors (Lipinski definition) is 1. The van der Waals surface area contributed by atoms with E-state index in [1.54, 1.807) is 13.2 Å². The van der Waals surface area contributed by atoms with Crippen LogP contribution in [0.3, 0.4) is 0 Å². The number of benzene rings is 2. The summed E-state index contributed by atoms with van der Waals surface area (Å²) in [4.78, 5) is 12.7. The summed E-state index contributed by atoms with van der Waals surface area (Å²) in [6.45, 7) is 8.77. The molecule has 0 aliphatic carbocycles. The summed E-state index contributed by atoms with van der Waals surface area (Å²) in [6, 6.07) is 13.5. The minimum Gasteiger partial charge on any atom is -0.493 e. The maximum absolute atomic E-state index is 12.7. The fourth-order valence-electron chi connectivity index (χ4n) is 3.17. The lowest BCUT2D eigenvalue weighted by Crippen LogP contribution is -2.16. The number of nitrogens with zero attached hydrogens (tertiary/aromatic N) is 3. The Hall–Kier alpha value is -2.53. The standard InChI is InChI=1S/C24H27IN4O3S/c1-5-12-29-22(14-32-21-9-7-6-8-20(21)31-4)27-28-24(29)33-15-23(30)26-19-11-10-17(25)13-18(19)16(2)3/h5-11,13,16H,1,12,14-15H2,2-4H3,(H,26,30). The first-order valence-electron chi connectivity index (χ1n) is 10.4. The van der Waals surface area contributed by atoms with Gasteiger partial charge in [0.25, 0.3) is 0 Å². The van der Waals surface area contributed by atoms with Crippen molar-refractivity contribution < 1.29 is 14.3 Å². The lowest BCUT2D eigenvalue weighted by molar-refractivity contribution is -0.113. The Morgan fingerprint density at radius 3 is 2.70 bits per heavy atom. The van der Waals surface area contributed by atoms with E-state index in [9.17, 15) is 4.79 Å². The molecule has 0 fully saturated rings. The molecule has 9 heteroatoms. The highest BCUT2D eigenvalue weighted by molar-refractivity contribution is 14.1. The van der Waals surface area contributed by atoms with Crippen molar-refractivity contribution >= 4 is 45.9 Å². The van der Waals surface area contributed by atoms with Gasteiger partial charge >= 0.3 is 0 Å². The van der Waals surface area contributed by atoms with E-state index in [1.807, 2.05) is 41.0 Å². The zero-order valence-electron chi connectivity index (χ0n) is 18.9. The van der Waals surface area contributed by atoms with Crippen LogP contribution in [0.4, 0.5) is 5.69 Å². The number of carbonyl (C=O) groups excluding carboxylic acids is 1. The van der Waals surface area contributed by atoms with Crippen LogP contribution >= 0.6 is 34.4 Å². The number of halogens is 1. The summed E-state index contributed by atoms with van der Waals surface area (Å²) in [5.41, 5.74) is 1.96. The van der Waals surface area contributed by atoms with Crippen LogP contribution in [0.15, 0.2) is 60.3 Å². The summed E-state index contributed by atoms with van der Waals surface area (Å²) >= 11 is 3.61. The van der Waals surface area contributed by atoms with E-state index in [0.29, 0.717) is 34.9 Å². The fraction of sp³-hybridized carbons (Fsp3) is 0.292. The van der Waals surface area contributed by atoms with Crippen LogP contribution in [-0.4, -0.2) is 33.5 Å². The number of amides is 1. The van der Waals surface area contributed by atoms with E-state index in [0.717, 1.165) is 14.8 Å². The summed E-state index contributed by atoms with van der Waals surface area (Å²) in [5.74, 6) is 2.34. The molecule has 0 atom stereocenters. The molecule has 1 N–H and O–H groups in total. The van der Waals surface area contributed by atoms with Gasteiger partial charge in [0.2, 0.25) is 5.91 Å². The van der Waals surface area contributed by atoms with Crippen molar-refractivity contribution in [2.45, 2.75) is 38.1 Å². The number of anilines is 1. The molecule has 1 aromatic heterocycles. The molecule has 0 bridgehead atoms. The Morgan fingerprint density at radius 1 is 1.24 bits per heavy atom. The molecule has 0 radical (unpaired) electrons. The van der Waals surface area contributed by atoms with Crippen molar-refractivity contribution in [2.75, 3.05) is 18.2 Å². The zero-order valence-corrected chi connectivity index (χ0v) is 21.9. The van der Waals surface area contributed by atoms with Gasteiger partial charge in [-0.3, -0.25) is 9.36 Å². The molecule has 2 aromatic carbocycles. The number of hydrogen-bond acceptors (Lipinski definition) is 6. The van der Waals surface area contributed by atoms with Crippen LogP contribution in [-0.2, 0) is 17.9 Å². The third-order valence-corrected chi connectivity index (χ3v) is 6.41. The molecule has 7 nitrogen and oxygen atoms in total. The summed E-state index contributed by atoms with van der Waals surface area (Å²) in [7, 11) is 1.60. The molecular weight excluding hydrogens is 551 g/mol. The van der Waals surface area contributed by atoms with E-state index >= 15 is 0 Å². The van der Waals surface area contributed by atoms with Gasteiger partial charge in [-0.25, -0.2) is 0 Å². The second kappa shape index (κ2) is 12.1. The Morgan fingerprint density at radius 2 is 2.00 bits per heavy atom. The van der Waals surface area contributed by atoms with Gasteiger partial charge in [-0.2, -0.15) is 0 Å². The molecular formula is C24H27IN4O3S. The highest BCUT2D eigenvalue weighted by atomic mass is 127. The van der Waals surface area contributed by atoms with Crippen molar-refractivity contribution in [2.24, 2.45) is 0 Å². The molecule has 3 aromatic rings. The van der Waals surface area contributed by atoms with Gasteiger partial charge in [0.15, 0.2) is 22.5 Å². The normalized spacial score (nSPS) is 10.8. The highest BCUT2D eigenvalue weighted by Crippen LogP contribution is 2.28. The van der Waals surface area contributed by atoms with Crippen LogP contribution in [0.5, 0.6) is 11.5 Å². The Bertz CT molecular complexity index is 1120. The number of rotatable bonds is 11. The first-order chi connectivity index (χ1) is 15.9. The van der Waals surface area contributed by atoms with Crippen molar-refractivity contribution in [1.82, 2.24) is 14.8 Å². The van der Waals surface area contributed by atoms with E-state index in [1.165, 1.54) is 11.8 Å². The first kappa shape index (κ1) is 25.1. The Kier molecular flexibility index (Phi) is 9.19. The quantitative estimate of drug-likeness (QED) is 0.184. The number of thioether (sulfide) groups is 1. The van der Waals surface area contributed by atoms with Gasteiger partial charge in [0.05, 0.1) is 12.9 Å². The third-order valence-electron chi connectivity index (χ3n) is 4.77. The molecule has 0 spiro atoms. The van der Waals surface area contributed by atoms with Crippen molar-refractivity contribution in [1.29, 1.82) is 0 Å². The molecule has 0 aliphatic rings. The highest BCUT2D eigenvalue weighted by Gasteiger charge is 2.16. The molecule has 1 amide bonds. The molecule has 3 rings (SSSR count). The minimum atomic E-state index is -0.0944. The van der Waals surface area contributed by atoms with Crippen LogP contribution in [0.1, 0.15) is 31.2 Å².